The van der Waals surface area contributed by atoms with Crippen LogP contribution in [0.15, 0.2) is 0 Å². The summed E-state index contributed by atoms with van der Waals surface area (Å²) in [5.41, 5.74) is 0.242. The molecule has 0 radical (unpaired) electrons. The van der Waals surface area contributed by atoms with Gasteiger partial charge in [-0.25, -0.2) is 9.65 Å². The molecule has 4 saturated carbocycles. The molecule has 2 unspecified atom stereocenters. The van der Waals surface area contributed by atoms with Gasteiger partial charge in [-0.1, -0.05) is 0 Å². The van der Waals surface area contributed by atoms with E-state index in [1.807, 2.05) is 0 Å². The van der Waals surface area contributed by atoms with Crippen molar-refractivity contribution in [3.63, 3.8) is 0 Å². The lowest BCUT2D eigenvalue weighted by molar-refractivity contribution is -0.0676. The fraction of sp³-hybridized carbons (Fsp3) is 1.00. The van der Waals surface area contributed by atoms with E-state index in [9.17, 15) is 9.46 Å². The highest BCUT2D eigenvalue weighted by Gasteiger charge is 2.53. The minimum atomic E-state index is -3.60. The van der Waals surface area contributed by atoms with Crippen LogP contribution in [0.25, 0.3) is 0 Å². The predicted molar refractivity (Wildman–Crippen MR) is 70.0 cm³/mol. The van der Waals surface area contributed by atoms with Crippen LogP contribution in [0.2, 0.25) is 0 Å². The zero-order chi connectivity index (χ0) is 13.0. The largest absolute Gasteiger partial charge is 0.402 e. The van der Waals surface area contributed by atoms with E-state index >= 15 is 0 Å². The molecule has 4 aliphatic carbocycles. The maximum atomic E-state index is 11.7. The summed E-state index contributed by atoms with van der Waals surface area (Å²) in [5, 5.41) is 2.85. The van der Waals surface area contributed by atoms with Crippen LogP contribution in [0.3, 0.4) is 0 Å². The van der Waals surface area contributed by atoms with Gasteiger partial charge < -0.3 is 9.42 Å². The van der Waals surface area contributed by atoms with Gasteiger partial charge in [0.25, 0.3) is 0 Å². The third kappa shape index (κ3) is 2.18. The van der Waals surface area contributed by atoms with Crippen molar-refractivity contribution in [2.75, 3.05) is 7.11 Å². The molecule has 0 aliphatic heterocycles. The normalized spacial score (nSPS) is 46.9. The molecular formula is C13H24NO3P. The van der Waals surface area contributed by atoms with Crippen molar-refractivity contribution in [1.29, 1.82) is 0 Å². The third-order valence-corrected chi connectivity index (χ3v) is 6.82. The van der Waals surface area contributed by atoms with Crippen molar-refractivity contribution in [2.45, 2.75) is 51.5 Å². The highest BCUT2D eigenvalue weighted by atomic mass is 31.2. The summed E-state index contributed by atoms with van der Waals surface area (Å²) >= 11 is 0. The first-order valence-electron chi connectivity index (χ1n) is 7.09. The van der Waals surface area contributed by atoms with Crippen molar-refractivity contribution in [1.82, 2.24) is 5.09 Å². The van der Waals surface area contributed by atoms with Crippen LogP contribution in [0, 0.1) is 23.2 Å². The molecule has 0 spiro atoms. The van der Waals surface area contributed by atoms with Crippen LogP contribution in [0.1, 0.15) is 45.4 Å². The molecule has 2 atom stereocenters. The molecule has 0 aromatic carbocycles. The van der Waals surface area contributed by atoms with Crippen molar-refractivity contribution in [3.05, 3.63) is 0 Å². The van der Waals surface area contributed by atoms with Gasteiger partial charge >= 0.3 is 7.75 Å². The van der Waals surface area contributed by atoms with Gasteiger partial charge in [-0.2, -0.15) is 0 Å². The Morgan fingerprint density at radius 2 is 1.67 bits per heavy atom. The van der Waals surface area contributed by atoms with Crippen molar-refractivity contribution >= 4 is 7.75 Å². The monoisotopic (exact) mass is 273 g/mol. The van der Waals surface area contributed by atoms with E-state index in [-0.39, 0.29) is 11.5 Å². The standard InChI is InChI=1S/C13H24NO3P/c1-9(14-18(15,16)17-2)13-6-10-3-11(7-13)5-12(4-10)8-13/h9-12H,3-8H2,1-2H3,(H2,14,15,16). The lowest BCUT2D eigenvalue weighted by Crippen LogP contribution is -2.54. The van der Waals surface area contributed by atoms with Crippen LogP contribution in [0.5, 0.6) is 0 Å². The van der Waals surface area contributed by atoms with E-state index in [4.69, 9.17) is 0 Å². The smallest absolute Gasteiger partial charge is 0.312 e. The summed E-state index contributed by atoms with van der Waals surface area (Å²) in [6, 6.07) is 0.0710. The van der Waals surface area contributed by atoms with Crippen LogP contribution < -0.4 is 5.09 Å². The molecule has 4 fully saturated rings. The van der Waals surface area contributed by atoms with E-state index in [0.29, 0.717) is 0 Å². The lowest BCUT2D eigenvalue weighted by Gasteiger charge is -2.59. The zero-order valence-corrected chi connectivity index (χ0v) is 12.2. The van der Waals surface area contributed by atoms with Crippen LogP contribution in [-0.2, 0) is 9.09 Å². The Hall–Kier alpha value is 0.110. The Balaban J connectivity index is 1.77. The lowest BCUT2D eigenvalue weighted by atomic mass is 9.48. The Morgan fingerprint density at radius 1 is 1.22 bits per heavy atom. The van der Waals surface area contributed by atoms with Gasteiger partial charge in [0, 0.05) is 13.2 Å². The summed E-state index contributed by atoms with van der Waals surface area (Å²) < 4.78 is 16.4. The Morgan fingerprint density at radius 3 is 2.06 bits per heavy atom. The molecule has 0 amide bonds. The molecule has 0 aromatic rings. The van der Waals surface area contributed by atoms with Gasteiger partial charge in [-0.15, -0.1) is 0 Å². The van der Waals surface area contributed by atoms with Crippen molar-refractivity contribution < 1.29 is 14.0 Å². The first-order valence-corrected chi connectivity index (χ1v) is 8.66. The molecule has 4 aliphatic rings. The molecule has 2 N–H and O–H groups in total. The zero-order valence-electron chi connectivity index (χ0n) is 11.3. The van der Waals surface area contributed by atoms with Gasteiger partial charge in [-0.05, 0) is 68.6 Å². The maximum absolute atomic E-state index is 11.7. The Labute approximate surface area is 109 Å². The summed E-state index contributed by atoms with van der Waals surface area (Å²) in [7, 11) is -2.31. The summed E-state index contributed by atoms with van der Waals surface area (Å²) in [6.45, 7) is 2.06. The van der Waals surface area contributed by atoms with E-state index in [1.54, 1.807) is 0 Å². The highest BCUT2D eigenvalue weighted by Crippen LogP contribution is 2.62. The van der Waals surface area contributed by atoms with Crippen LogP contribution >= 0.6 is 7.75 Å². The summed E-state index contributed by atoms with van der Waals surface area (Å²) in [5.74, 6) is 2.59. The summed E-state index contributed by atoms with van der Waals surface area (Å²) in [4.78, 5) is 9.62. The molecule has 4 nitrogen and oxygen atoms in total. The molecule has 0 aromatic heterocycles. The Bertz CT molecular complexity index is 349. The third-order valence-electron chi connectivity index (χ3n) is 5.61. The van der Waals surface area contributed by atoms with Crippen molar-refractivity contribution in [3.8, 4) is 0 Å². The van der Waals surface area contributed by atoms with E-state index < -0.39 is 7.75 Å². The van der Waals surface area contributed by atoms with E-state index in [0.717, 1.165) is 17.8 Å². The molecule has 0 heterocycles. The second-order valence-corrected chi connectivity index (χ2v) is 8.50. The highest BCUT2D eigenvalue weighted by molar-refractivity contribution is 7.50. The molecule has 104 valence electrons. The minimum Gasteiger partial charge on any atom is -0.312 e. The molecular weight excluding hydrogens is 249 g/mol. The van der Waals surface area contributed by atoms with E-state index in [1.165, 1.54) is 45.6 Å². The van der Waals surface area contributed by atoms with E-state index in [2.05, 4.69) is 16.5 Å². The van der Waals surface area contributed by atoms with Gasteiger partial charge in [0.15, 0.2) is 0 Å². The predicted octanol–water partition coefficient (Wildman–Crippen LogP) is 2.93. The second kappa shape index (κ2) is 4.31. The first-order chi connectivity index (χ1) is 8.42. The molecule has 4 bridgehead atoms. The average molecular weight is 273 g/mol. The van der Waals surface area contributed by atoms with Crippen LogP contribution in [-0.4, -0.2) is 18.0 Å². The number of rotatable bonds is 4. The number of nitrogens with one attached hydrogen (secondary N) is 1. The fourth-order valence-corrected chi connectivity index (χ4v) is 6.01. The van der Waals surface area contributed by atoms with Gasteiger partial charge in [0.2, 0.25) is 0 Å². The maximum Gasteiger partial charge on any atom is 0.402 e. The SMILES string of the molecule is COP(=O)(O)NC(C)C12CC3CC(CC(C3)C1)C2. The topological polar surface area (TPSA) is 58.6 Å². The van der Waals surface area contributed by atoms with Gasteiger partial charge in [-0.3, -0.25) is 0 Å². The molecule has 4 rings (SSSR count). The second-order valence-electron chi connectivity index (χ2n) is 6.83. The van der Waals surface area contributed by atoms with Crippen LogP contribution in [0.4, 0.5) is 0 Å². The van der Waals surface area contributed by atoms with Crippen molar-refractivity contribution in [2.24, 2.45) is 23.2 Å². The molecule has 5 heteroatoms. The fourth-order valence-electron chi connectivity index (χ4n) is 5.14. The minimum absolute atomic E-state index is 0.0710. The number of hydrogen-bond donors (Lipinski definition) is 2. The number of hydrogen-bond acceptors (Lipinski definition) is 2. The molecule has 18 heavy (non-hydrogen) atoms. The summed E-state index contributed by atoms with van der Waals surface area (Å²) in [6.07, 6.45) is 7.89. The molecule has 0 saturated heterocycles. The average Bonchev–Trinajstić information content (AvgIpc) is 2.26. The van der Waals surface area contributed by atoms with Gasteiger partial charge in [0.05, 0.1) is 0 Å². The van der Waals surface area contributed by atoms with Gasteiger partial charge in [0.1, 0.15) is 0 Å². The first kappa shape index (κ1) is 13.1. The Kier molecular flexibility index (Phi) is 3.14. The quantitative estimate of drug-likeness (QED) is 0.773.